The highest BCUT2D eigenvalue weighted by atomic mass is 16.5. The van der Waals surface area contributed by atoms with Gasteiger partial charge in [-0.25, -0.2) is 0 Å². The fourth-order valence-electron chi connectivity index (χ4n) is 2.33. The SMILES string of the molecule is COCC(=O)N1CCCC(c2ccncc2)C1. The first kappa shape index (κ1) is 12.0. The number of hydrogen-bond acceptors (Lipinski definition) is 3. The summed E-state index contributed by atoms with van der Waals surface area (Å²) in [5, 5.41) is 0. The van der Waals surface area contributed by atoms with Crippen LogP contribution in [0.4, 0.5) is 0 Å². The number of ether oxygens (including phenoxy) is 1. The summed E-state index contributed by atoms with van der Waals surface area (Å²) >= 11 is 0. The standard InChI is InChI=1S/C13H18N2O2/c1-17-10-13(16)15-8-2-3-12(9-15)11-4-6-14-7-5-11/h4-7,12H,2-3,8-10H2,1H3. The monoisotopic (exact) mass is 234 g/mol. The van der Waals surface area contributed by atoms with Gasteiger partial charge in [0.05, 0.1) is 0 Å². The van der Waals surface area contributed by atoms with Crippen molar-refractivity contribution in [2.24, 2.45) is 0 Å². The first-order valence-electron chi connectivity index (χ1n) is 5.98. The molecule has 0 spiro atoms. The normalized spacial score (nSPS) is 20.3. The van der Waals surface area contributed by atoms with Crippen LogP contribution in [0, 0.1) is 0 Å². The summed E-state index contributed by atoms with van der Waals surface area (Å²) < 4.78 is 4.90. The molecule has 92 valence electrons. The lowest BCUT2D eigenvalue weighted by Crippen LogP contribution is -2.40. The summed E-state index contributed by atoms with van der Waals surface area (Å²) in [4.78, 5) is 17.7. The van der Waals surface area contributed by atoms with Gasteiger partial charge in [-0.2, -0.15) is 0 Å². The summed E-state index contributed by atoms with van der Waals surface area (Å²) in [6, 6.07) is 4.07. The minimum Gasteiger partial charge on any atom is -0.375 e. The van der Waals surface area contributed by atoms with Crippen molar-refractivity contribution in [1.29, 1.82) is 0 Å². The van der Waals surface area contributed by atoms with Crippen LogP contribution in [-0.2, 0) is 9.53 Å². The van der Waals surface area contributed by atoms with Gasteiger partial charge >= 0.3 is 0 Å². The quantitative estimate of drug-likeness (QED) is 0.794. The number of carbonyl (C=O) groups is 1. The Morgan fingerprint density at radius 2 is 2.29 bits per heavy atom. The van der Waals surface area contributed by atoms with E-state index in [-0.39, 0.29) is 12.5 Å². The van der Waals surface area contributed by atoms with E-state index in [1.54, 1.807) is 7.11 Å². The molecule has 0 radical (unpaired) electrons. The third-order valence-corrected chi connectivity index (χ3v) is 3.22. The molecule has 1 fully saturated rings. The molecule has 1 atom stereocenters. The number of pyridine rings is 1. The van der Waals surface area contributed by atoms with E-state index in [2.05, 4.69) is 4.98 Å². The third-order valence-electron chi connectivity index (χ3n) is 3.22. The third kappa shape index (κ3) is 3.03. The second-order valence-corrected chi connectivity index (χ2v) is 4.39. The van der Waals surface area contributed by atoms with E-state index in [9.17, 15) is 4.79 Å². The van der Waals surface area contributed by atoms with E-state index in [1.165, 1.54) is 5.56 Å². The van der Waals surface area contributed by atoms with Crippen LogP contribution in [0.1, 0.15) is 24.3 Å². The lowest BCUT2D eigenvalue weighted by molar-refractivity contribution is -0.136. The molecule has 1 aliphatic heterocycles. The van der Waals surface area contributed by atoms with Crippen LogP contribution < -0.4 is 0 Å². The van der Waals surface area contributed by atoms with Crippen LogP contribution in [0.2, 0.25) is 0 Å². The maximum absolute atomic E-state index is 11.8. The van der Waals surface area contributed by atoms with Crippen molar-refractivity contribution < 1.29 is 9.53 Å². The molecular weight excluding hydrogens is 216 g/mol. The van der Waals surface area contributed by atoms with Gasteiger partial charge in [0.1, 0.15) is 6.61 Å². The van der Waals surface area contributed by atoms with Gasteiger partial charge in [0.2, 0.25) is 5.91 Å². The smallest absolute Gasteiger partial charge is 0.248 e. The molecule has 1 saturated heterocycles. The van der Waals surface area contributed by atoms with Gasteiger partial charge in [-0.3, -0.25) is 9.78 Å². The highest BCUT2D eigenvalue weighted by Crippen LogP contribution is 2.26. The molecule has 1 amide bonds. The molecule has 0 aromatic carbocycles. The first-order valence-corrected chi connectivity index (χ1v) is 5.98. The zero-order valence-corrected chi connectivity index (χ0v) is 10.1. The van der Waals surface area contributed by atoms with Crippen LogP contribution in [-0.4, -0.2) is 42.6 Å². The Labute approximate surface area is 102 Å². The molecule has 0 bridgehead atoms. The van der Waals surface area contributed by atoms with Gasteiger partial charge in [0, 0.05) is 38.5 Å². The fraction of sp³-hybridized carbons (Fsp3) is 0.538. The molecular formula is C13H18N2O2. The summed E-state index contributed by atoms with van der Waals surface area (Å²) in [5.74, 6) is 0.527. The molecule has 4 nitrogen and oxygen atoms in total. The van der Waals surface area contributed by atoms with Crippen molar-refractivity contribution in [3.63, 3.8) is 0 Å². The van der Waals surface area contributed by atoms with E-state index in [0.717, 1.165) is 25.9 Å². The molecule has 0 N–H and O–H groups in total. The Morgan fingerprint density at radius 3 is 3.00 bits per heavy atom. The van der Waals surface area contributed by atoms with Gasteiger partial charge in [-0.15, -0.1) is 0 Å². The highest BCUT2D eigenvalue weighted by Gasteiger charge is 2.24. The first-order chi connectivity index (χ1) is 8.31. The highest BCUT2D eigenvalue weighted by molar-refractivity contribution is 5.77. The molecule has 4 heteroatoms. The Bertz CT molecular complexity index is 367. The summed E-state index contributed by atoms with van der Waals surface area (Å²) in [6.45, 7) is 1.83. The molecule has 0 saturated carbocycles. The molecule has 17 heavy (non-hydrogen) atoms. The van der Waals surface area contributed by atoms with Gasteiger partial charge < -0.3 is 9.64 Å². The molecule has 0 aliphatic carbocycles. The van der Waals surface area contributed by atoms with Crippen molar-refractivity contribution in [3.05, 3.63) is 30.1 Å². The van der Waals surface area contributed by atoms with Crippen LogP contribution in [0.25, 0.3) is 0 Å². The van der Waals surface area contributed by atoms with E-state index in [4.69, 9.17) is 4.74 Å². The molecule has 1 aromatic rings. The number of hydrogen-bond donors (Lipinski definition) is 0. The van der Waals surface area contributed by atoms with Gasteiger partial charge in [-0.05, 0) is 30.5 Å². The number of amides is 1. The number of piperidine rings is 1. The maximum atomic E-state index is 11.8. The lowest BCUT2D eigenvalue weighted by Gasteiger charge is -2.32. The predicted octanol–water partition coefficient (Wildman–Crippen LogP) is 1.43. The minimum absolute atomic E-state index is 0.0891. The molecule has 1 aromatic heterocycles. The fourth-order valence-corrected chi connectivity index (χ4v) is 2.33. The van der Waals surface area contributed by atoms with Crippen molar-refractivity contribution in [2.45, 2.75) is 18.8 Å². The Balaban J connectivity index is 2.00. The molecule has 1 unspecified atom stereocenters. The van der Waals surface area contributed by atoms with Crippen LogP contribution in [0.5, 0.6) is 0 Å². The summed E-state index contributed by atoms with van der Waals surface area (Å²) in [5.41, 5.74) is 1.27. The van der Waals surface area contributed by atoms with Crippen LogP contribution >= 0.6 is 0 Å². The van der Waals surface area contributed by atoms with Crippen LogP contribution in [0.3, 0.4) is 0 Å². The number of aromatic nitrogens is 1. The zero-order chi connectivity index (χ0) is 12.1. The summed E-state index contributed by atoms with van der Waals surface area (Å²) in [6.07, 6.45) is 5.82. The number of likely N-dealkylation sites (tertiary alicyclic amines) is 1. The maximum Gasteiger partial charge on any atom is 0.248 e. The largest absolute Gasteiger partial charge is 0.375 e. The van der Waals surface area contributed by atoms with E-state index < -0.39 is 0 Å². The van der Waals surface area contributed by atoms with Gasteiger partial charge in [0.15, 0.2) is 0 Å². The molecule has 2 rings (SSSR count). The van der Waals surface area contributed by atoms with Crippen molar-refractivity contribution in [1.82, 2.24) is 9.88 Å². The minimum atomic E-state index is 0.0891. The Kier molecular flexibility index (Phi) is 4.09. The Hall–Kier alpha value is -1.42. The number of rotatable bonds is 3. The Morgan fingerprint density at radius 1 is 1.53 bits per heavy atom. The average Bonchev–Trinajstić information content (AvgIpc) is 2.40. The topological polar surface area (TPSA) is 42.4 Å². The van der Waals surface area contributed by atoms with Crippen LogP contribution in [0.15, 0.2) is 24.5 Å². The zero-order valence-electron chi connectivity index (χ0n) is 10.1. The number of nitrogens with zero attached hydrogens (tertiary/aromatic N) is 2. The lowest BCUT2D eigenvalue weighted by atomic mass is 9.91. The average molecular weight is 234 g/mol. The van der Waals surface area contributed by atoms with E-state index in [0.29, 0.717) is 5.92 Å². The number of carbonyl (C=O) groups excluding carboxylic acids is 1. The van der Waals surface area contributed by atoms with E-state index >= 15 is 0 Å². The molecule has 2 heterocycles. The van der Waals surface area contributed by atoms with E-state index in [1.807, 2.05) is 29.4 Å². The number of methoxy groups -OCH3 is 1. The second-order valence-electron chi connectivity index (χ2n) is 4.39. The van der Waals surface area contributed by atoms with Gasteiger partial charge in [-0.1, -0.05) is 0 Å². The van der Waals surface area contributed by atoms with Crippen molar-refractivity contribution in [3.8, 4) is 0 Å². The predicted molar refractivity (Wildman–Crippen MR) is 64.7 cm³/mol. The van der Waals surface area contributed by atoms with Crippen molar-refractivity contribution in [2.75, 3.05) is 26.8 Å². The molecule has 1 aliphatic rings. The second kappa shape index (κ2) is 5.77. The van der Waals surface area contributed by atoms with Gasteiger partial charge in [0.25, 0.3) is 0 Å². The van der Waals surface area contributed by atoms with Crippen molar-refractivity contribution >= 4 is 5.91 Å². The summed E-state index contributed by atoms with van der Waals surface area (Å²) in [7, 11) is 1.56.